The van der Waals surface area contributed by atoms with Crippen LogP contribution in [-0.2, 0) is 4.79 Å². The summed E-state index contributed by atoms with van der Waals surface area (Å²) < 4.78 is 0. The maximum atomic E-state index is 9.81. The molecule has 0 aliphatic carbocycles. The van der Waals surface area contributed by atoms with Crippen LogP contribution in [0, 0.1) is 5.41 Å². The molecule has 0 amide bonds. The lowest BCUT2D eigenvalue weighted by Crippen LogP contribution is -2.16. The molecule has 50 valence electrons. The largest absolute Gasteiger partial charge is 0.480 e. The summed E-state index contributed by atoms with van der Waals surface area (Å²) in [6, 6.07) is 0. The normalized spacial score (nSPS) is 9.33. The lowest BCUT2D eigenvalue weighted by atomic mass is 10.6. The summed E-state index contributed by atoms with van der Waals surface area (Å²) in [6.45, 7) is -0.107. The predicted molar refractivity (Wildman–Crippen MR) is 33.6 cm³/mol. The minimum absolute atomic E-state index is 0.107. The summed E-state index contributed by atoms with van der Waals surface area (Å²) in [4.78, 5) is 9.81. The molecule has 0 saturated heterocycles. The monoisotopic (exact) mass is 128 g/mol. The first-order valence-corrected chi connectivity index (χ1v) is 2.38. The molecule has 0 saturated carbocycles. The van der Waals surface area contributed by atoms with Gasteiger partial charge in [0, 0.05) is 6.21 Å². The molecule has 0 spiro atoms. The van der Waals surface area contributed by atoms with Gasteiger partial charge in [-0.15, -0.1) is 0 Å². The highest BCUT2D eigenvalue weighted by molar-refractivity contribution is 5.70. The molecule has 0 aromatic carbocycles. The van der Waals surface area contributed by atoms with Crippen molar-refractivity contribution in [3.63, 3.8) is 0 Å². The van der Waals surface area contributed by atoms with Crippen molar-refractivity contribution in [2.75, 3.05) is 6.54 Å². The van der Waals surface area contributed by atoms with E-state index in [0.29, 0.717) is 0 Å². The van der Waals surface area contributed by atoms with Gasteiger partial charge in [-0.2, -0.15) is 0 Å². The van der Waals surface area contributed by atoms with Crippen LogP contribution in [0.15, 0.2) is 12.3 Å². The van der Waals surface area contributed by atoms with Gasteiger partial charge in [0.1, 0.15) is 6.54 Å². The number of carboxylic acid groups (broad SMARTS) is 1. The third-order valence-electron chi connectivity index (χ3n) is 0.564. The second kappa shape index (κ2) is 4.83. The second-order valence-electron chi connectivity index (χ2n) is 1.30. The molecule has 3 N–H and O–H groups in total. The van der Waals surface area contributed by atoms with E-state index in [1.807, 2.05) is 0 Å². The van der Waals surface area contributed by atoms with E-state index < -0.39 is 5.97 Å². The maximum Gasteiger partial charge on any atom is 0.322 e. The van der Waals surface area contributed by atoms with Crippen LogP contribution < -0.4 is 5.32 Å². The van der Waals surface area contributed by atoms with E-state index in [1.165, 1.54) is 12.3 Å². The number of allylic oxidation sites excluding steroid dienone is 1. The Balaban J connectivity index is 3.19. The van der Waals surface area contributed by atoms with Gasteiger partial charge in [-0.3, -0.25) is 4.79 Å². The van der Waals surface area contributed by atoms with Crippen molar-refractivity contribution in [3.05, 3.63) is 12.3 Å². The van der Waals surface area contributed by atoms with E-state index in [9.17, 15) is 4.79 Å². The lowest BCUT2D eigenvalue weighted by Gasteiger charge is -1.90. The van der Waals surface area contributed by atoms with Crippen molar-refractivity contribution in [3.8, 4) is 0 Å². The molecule has 0 fully saturated rings. The topological polar surface area (TPSA) is 73.2 Å². The van der Waals surface area contributed by atoms with E-state index in [-0.39, 0.29) is 6.54 Å². The van der Waals surface area contributed by atoms with Gasteiger partial charge in [0.25, 0.3) is 0 Å². The van der Waals surface area contributed by atoms with Crippen molar-refractivity contribution < 1.29 is 9.90 Å². The highest BCUT2D eigenvalue weighted by atomic mass is 16.4. The van der Waals surface area contributed by atoms with Gasteiger partial charge >= 0.3 is 5.97 Å². The molecule has 0 aromatic rings. The fraction of sp³-hybridized carbons (Fsp3) is 0.200. The molecule has 0 bridgehead atoms. The Morgan fingerprint density at radius 2 is 2.44 bits per heavy atom. The number of carboxylic acids is 1. The van der Waals surface area contributed by atoms with E-state index >= 15 is 0 Å². The van der Waals surface area contributed by atoms with Crippen molar-refractivity contribution in [2.45, 2.75) is 0 Å². The SMILES string of the molecule is N=C/C=C\NCC(=O)O. The number of carbonyl (C=O) groups is 1. The summed E-state index contributed by atoms with van der Waals surface area (Å²) in [6.07, 6.45) is 3.87. The van der Waals surface area contributed by atoms with Crippen molar-refractivity contribution in [1.82, 2.24) is 5.32 Å². The summed E-state index contributed by atoms with van der Waals surface area (Å²) >= 11 is 0. The van der Waals surface area contributed by atoms with Crippen LogP contribution in [-0.4, -0.2) is 23.8 Å². The highest BCUT2D eigenvalue weighted by Crippen LogP contribution is 1.61. The van der Waals surface area contributed by atoms with Crippen LogP contribution >= 0.6 is 0 Å². The van der Waals surface area contributed by atoms with Crippen LogP contribution in [0.5, 0.6) is 0 Å². The van der Waals surface area contributed by atoms with Gasteiger partial charge in [-0.25, -0.2) is 0 Å². The number of hydrogen-bond acceptors (Lipinski definition) is 3. The van der Waals surface area contributed by atoms with E-state index in [2.05, 4.69) is 5.32 Å². The van der Waals surface area contributed by atoms with E-state index in [0.717, 1.165) is 6.21 Å². The van der Waals surface area contributed by atoms with Gasteiger partial charge in [0.2, 0.25) is 0 Å². The third-order valence-corrected chi connectivity index (χ3v) is 0.564. The van der Waals surface area contributed by atoms with Gasteiger partial charge < -0.3 is 15.8 Å². The molecule has 0 unspecified atom stereocenters. The quantitative estimate of drug-likeness (QED) is 0.460. The molecular weight excluding hydrogens is 120 g/mol. The maximum absolute atomic E-state index is 9.81. The minimum atomic E-state index is -0.912. The molecule has 0 aliphatic rings. The van der Waals surface area contributed by atoms with Crippen molar-refractivity contribution in [2.24, 2.45) is 0 Å². The molecule has 9 heavy (non-hydrogen) atoms. The number of aliphatic carboxylic acids is 1. The smallest absolute Gasteiger partial charge is 0.322 e. The van der Waals surface area contributed by atoms with Gasteiger partial charge in [0.05, 0.1) is 0 Å². The first kappa shape index (κ1) is 7.68. The molecular formula is C5H8N2O2. The van der Waals surface area contributed by atoms with E-state index in [4.69, 9.17) is 10.5 Å². The fourth-order valence-corrected chi connectivity index (χ4v) is 0.262. The van der Waals surface area contributed by atoms with Gasteiger partial charge in [-0.1, -0.05) is 0 Å². The first-order chi connectivity index (χ1) is 4.27. The summed E-state index contributed by atoms with van der Waals surface area (Å²) in [5.74, 6) is -0.912. The molecule has 0 heterocycles. The zero-order valence-corrected chi connectivity index (χ0v) is 4.79. The Labute approximate surface area is 52.7 Å². The Hall–Kier alpha value is -1.32. The molecule has 0 rings (SSSR count). The first-order valence-electron chi connectivity index (χ1n) is 2.38. The van der Waals surface area contributed by atoms with Crippen LogP contribution in [0.1, 0.15) is 0 Å². The lowest BCUT2D eigenvalue weighted by molar-refractivity contribution is -0.135. The van der Waals surface area contributed by atoms with Crippen LogP contribution in [0.3, 0.4) is 0 Å². The Morgan fingerprint density at radius 1 is 1.78 bits per heavy atom. The third kappa shape index (κ3) is 6.68. The van der Waals surface area contributed by atoms with Crippen LogP contribution in [0.25, 0.3) is 0 Å². The number of rotatable bonds is 4. The summed E-state index contributed by atoms with van der Waals surface area (Å²) in [7, 11) is 0. The van der Waals surface area contributed by atoms with Crippen LogP contribution in [0.4, 0.5) is 0 Å². The Bertz CT molecular complexity index is 131. The van der Waals surface area contributed by atoms with Gasteiger partial charge in [0.15, 0.2) is 0 Å². The molecule has 0 aliphatic heterocycles. The Morgan fingerprint density at radius 3 is 2.89 bits per heavy atom. The standard InChI is InChI=1S/C5H8N2O2/c6-2-1-3-7-4-5(8)9/h1-3,6-7H,4H2,(H,8,9)/b3-1-,6-2?. The average molecular weight is 128 g/mol. The predicted octanol–water partition coefficient (Wildman–Crippen LogP) is -0.176. The zero-order chi connectivity index (χ0) is 7.11. The van der Waals surface area contributed by atoms with Crippen molar-refractivity contribution in [1.29, 1.82) is 5.41 Å². The highest BCUT2D eigenvalue weighted by Gasteiger charge is 1.87. The number of hydrogen-bond donors (Lipinski definition) is 3. The van der Waals surface area contributed by atoms with E-state index in [1.54, 1.807) is 0 Å². The summed E-state index contributed by atoms with van der Waals surface area (Å²) in [5.41, 5.74) is 0. The second-order valence-corrected chi connectivity index (χ2v) is 1.30. The molecule has 4 heteroatoms. The van der Waals surface area contributed by atoms with Crippen molar-refractivity contribution >= 4 is 12.2 Å². The Kier molecular flexibility index (Phi) is 4.12. The van der Waals surface area contributed by atoms with Crippen LogP contribution in [0.2, 0.25) is 0 Å². The summed E-state index contributed by atoms with van der Waals surface area (Å²) in [5, 5.41) is 17.0. The molecule has 0 radical (unpaired) electrons. The number of nitrogens with one attached hydrogen (secondary N) is 2. The van der Waals surface area contributed by atoms with Gasteiger partial charge in [-0.05, 0) is 12.3 Å². The molecule has 0 atom stereocenters. The molecule has 0 aromatic heterocycles. The molecule has 4 nitrogen and oxygen atoms in total. The average Bonchev–Trinajstić information content (AvgIpc) is 1.80. The fourth-order valence-electron chi connectivity index (χ4n) is 0.262. The zero-order valence-electron chi connectivity index (χ0n) is 4.79. The minimum Gasteiger partial charge on any atom is -0.480 e.